The van der Waals surface area contributed by atoms with Gasteiger partial charge in [0.15, 0.2) is 5.54 Å². The lowest BCUT2D eigenvalue weighted by Gasteiger charge is -2.51. The van der Waals surface area contributed by atoms with E-state index in [1.54, 1.807) is 9.80 Å². The number of carbonyl (C=O) groups is 2. The van der Waals surface area contributed by atoms with E-state index < -0.39 is 5.54 Å². The Morgan fingerprint density at radius 3 is 2.60 bits per heavy atom. The van der Waals surface area contributed by atoms with Crippen molar-refractivity contribution in [3.8, 4) is 0 Å². The van der Waals surface area contributed by atoms with Gasteiger partial charge in [-0.1, -0.05) is 48.9 Å². The molecule has 2 unspecified atom stereocenters. The number of piperazine rings is 1. The first-order chi connectivity index (χ1) is 14.4. The Kier molecular flexibility index (Phi) is 4.40. The third-order valence-electron chi connectivity index (χ3n) is 6.58. The second kappa shape index (κ2) is 6.88. The first-order valence-corrected chi connectivity index (χ1v) is 10.8. The summed E-state index contributed by atoms with van der Waals surface area (Å²) in [7, 11) is 0. The minimum absolute atomic E-state index is 0.00572. The zero-order valence-corrected chi connectivity index (χ0v) is 17.9. The molecule has 1 saturated heterocycles. The lowest BCUT2D eigenvalue weighted by atomic mass is 9.76. The maximum atomic E-state index is 13.6. The topological polar surface area (TPSA) is 56.4 Å². The van der Waals surface area contributed by atoms with Gasteiger partial charge in [-0.25, -0.2) is 0 Å². The molecule has 3 heterocycles. The molecule has 0 saturated carbocycles. The molecule has 2 aromatic carbocycles. The minimum Gasteiger partial charge on any atom is -0.356 e. The van der Waals surface area contributed by atoms with E-state index in [0.29, 0.717) is 18.1 Å². The van der Waals surface area contributed by atoms with Gasteiger partial charge in [-0.05, 0) is 42.7 Å². The van der Waals surface area contributed by atoms with Crippen LogP contribution in [0.25, 0.3) is 10.9 Å². The Bertz CT molecular complexity index is 1150. The van der Waals surface area contributed by atoms with Crippen molar-refractivity contribution in [3.63, 3.8) is 0 Å². The van der Waals surface area contributed by atoms with Crippen LogP contribution in [-0.4, -0.2) is 46.2 Å². The summed E-state index contributed by atoms with van der Waals surface area (Å²) in [5.41, 5.74) is 2.98. The summed E-state index contributed by atoms with van der Waals surface area (Å²) in [4.78, 5) is 33.9. The van der Waals surface area contributed by atoms with Crippen molar-refractivity contribution < 1.29 is 9.59 Å². The number of H-pyrrole nitrogens is 1. The minimum atomic E-state index is -1.03. The van der Waals surface area contributed by atoms with E-state index in [1.807, 2.05) is 56.3 Å². The van der Waals surface area contributed by atoms with Crippen molar-refractivity contribution in [1.82, 2.24) is 14.8 Å². The first-order valence-electron chi connectivity index (χ1n) is 10.4. The van der Waals surface area contributed by atoms with Crippen LogP contribution in [-0.2, 0) is 15.1 Å². The monoisotopic (exact) mass is 421 g/mol. The van der Waals surface area contributed by atoms with Crippen LogP contribution in [0.1, 0.15) is 43.0 Å². The van der Waals surface area contributed by atoms with Crippen molar-refractivity contribution in [2.75, 3.05) is 19.6 Å². The van der Waals surface area contributed by atoms with Gasteiger partial charge in [-0.3, -0.25) is 9.59 Å². The third-order valence-corrected chi connectivity index (χ3v) is 6.84. The predicted molar refractivity (Wildman–Crippen MR) is 118 cm³/mol. The highest BCUT2D eigenvalue weighted by Gasteiger charge is 2.55. The highest BCUT2D eigenvalue weighted by molar-refractivity contribution is 6.30. The molecule has 30 heavy (non-hydrogen) atoms. The normalized spacial score (nSPS) is 23.6. The van der Waals surface area contributed by atoms with Crippen molar-refractivity contribution in [2.24, 2.45) is 0 Å². The fourth-order valence-corrected chi connectivity index (χ4v) is 5.25. The molecule has 0 spiro atoms. The zero-order chi connectivity index (χ0) is 21.0. The van der Waals surface area contributed by atoms with Gasteiger partial charge in [0.1, 0.15) is 0 Å². The Morgan fingerprint density at radius 2 is 1.87 bits per heavy atom. The number of carbonyl (C=O) groups excluding carboxylic acids is 2. The van der Waals surface area contributed by atoms with Crippen LogP contribution < -0.4 is 0 Å². The molecule has 6 heteroatoms. The average molecular weight is 422 g/mol. The lowest BCUT2D eigenvalue weighted by molar-refractivity contribution is -0.166. The lowest BCUT2D eigenvalue weighted by Crippen LogP contribution is -2.67. The van der Waals surface area contributed by atoms with Gasteiger partial charge >= 0.3 is 0 Å². The summed E-state index contributed by atoms with van der Waals surface area (Å²) in [6, 6.07) is 15.9. The van der Waals surface area contributed by atoms with Gasteiger partial charge in [0.25, 0.3) is 5.91 Å². The molecule has 2 amide bonds. The second-order valence-electron chi connectivity index (χ2n) is 8.37. The average Bonchev–Trinajstić information content (AvgIpc) is 3.14. The third kappa shape index (κ3) is 2.61. The standard InChI is InChI=1S/C24H24ClN3O2/c1-3-12-27-14-20(29)28-13-18(15-8-10-16(25)11-9-15)21-17-6-4-5-7-19(17)26-22(21)24(28,2)23(27)30/h4-11,18,26H,3,12-14H2,1-2H3. The van der Waals surface area contributed by atoms with Crippen LogP contribution in [0, 0.1) is 0 Å². The smallest absolute Gasteiger partial charge is 0.254 e. The SMILES string of the molecule is CCCN1CC(=O)N2CC(c3ccc(Cl)cc3)c3c([nH]c4ccccc34)C2(C)C1=O. The van der Waals surface area contributed by atoms with Crippen LogP contribution in [0.15, 0.2) is 48.5 Å². The Labute approximate surface area is 180 Å². The maximum absolute atomic E-state index is 13.6. The number of aromatic nitrogens is 1. The van der Waals surface area contributed by atoms with Crippen molar-refractivity contribution in [1.29, 1.82) is 0 Å². The number of nitrogens with one attached hydrogen (secondary N) is 1. The number of aromatic amines is 1. The molecule has 2 atom stereocenters. The van der Waals surface area contributed by atoms with Crippen molar-refractivity contribution in [3.05, 3.63) is 70.4 Å². The molecule has 2 aliphatic heterocycles. The van der Waals surface area contributed by atoms with Gasteiger partial charge < -0.3 is 14.8 Å². The molecule has 5 rings (SSSR count). The summed E-state index contributed by atoms with van der Waals surface area (Å²) in [6.07, 6.45) is 0.821. The summed E-state index contributed by atoms with van der Waals surface area (Å²) >= 11 is 6.12. The summed E-state index contributed by atoms with van der Waals surface area (Å²) in [5.74, 6) is -0.0453. The van der Waals surface area contributed by atoms with E-state index >= 15 is 0 Å². The molecular weight excluding hydrogens is 398 g/mol. The molecule has 1 N–H and O–H groups in total. The van der Waals surface area contributed by atoms with E-state index in [-0.39, 0.29) is 24.3 Å². The van der Waals surface area contributed by atoms with Gasteiger partial charge in [0.2, 0.25) is 5.91 Å². The van der Waals surface area contributed by atoms with Gasteiger partial charge in [0, 0.05) is 34.9 Å². The van der Waals surface area contributed by atoms with Crippen LogP contribution in [0.2, 0.25) is 5.02 Å². The number of fused-ring (bicyclic) bond motifs is 5. The molecule has 1 aromatic heterocycles. The number of nitrogens with zero attached hydrogens (tertiary/aromatic N) is 2. The molecule has 0 bridgehead atoms. The molecule has 154 valence electrons. The number of benzene rings is 2. The molecule has 0 radical (unpaired) electrons. The van der Waals surface area contributed by atoms with Gasteiger partial charge in [0.05, 0.1) is 12.2 Å². The van der Waals surface area contributed by atoms with Crippen molar-refractivity contribution >= 4 is 34.3 Å². The fourth-order valence-electron chi connectivity index (χ4n) is 5.12. The molecule has 1 fully saturated rings. The summed E-state index contributed by atoms with van der Waals surface area (Å²) in [5, 5.41) is 1.78. The highest BCUT2D eigenvalue weighted by Crippen LogP contribution is 2.48. The van der Waals surface area contributed by atoms with E-state index in [2.05, 4.69) is 11.1 Å². The summed E-state index contributed by atoms with van der Waals surface area (Å²) < 4.78 is 0. The van der Waals surface area contributed by atoms with Crippen LogP contribution in [0.4, 0.5) is 0 Å². The molecule has 5 nitrogen and oxygen atoms in total. The Hall–Kier alpha value is -2.79. The number of amides is 2. The van der Waals surface area contributed by atoms with Crippen LogP contribution in [0.5, 0.6) is 0 Å². The van der Waals surface area contributed by atoms with E-state index in [4.69, 9.17) is 11.6 Å². The van der Waals surface area contributed by atoms with Crippen molar-refractivity contribution in [2.45, 2.75) is 31.7 Å². The van der Waals surface area contributed by atoms with E-state index in [1.165, 1.54) is 0 Å². The van der Waals surface area contributed by atoms with E-state index in [9.17, 15) is 9.59 Å². The molecule has 3 aromatic rings. The Balaban J connectivity index is 1.76. The first kappa shape index (κ1) is 19.2. The molecule has 0 aliphatic carbocycles. The summed E-state index contributed by atoms with van der Waals surface area (Å²) in [6.45, 7) is 5.12. The highest BCUT2D eigenvalue weighted by atomic mass is 35.5. The number of para-hydroxylation sites is 1. The maximum Gasteiger partial charge on any atom is 0.254 e. The van der Waals surface area contributed by atoms with Crippen LogP contribution in [0.3, 0.4) is 0 Å². The molecular formula is C24H24ClN3O2. The molecule has 2 aliphatic rings. The van der Waals surface area contributed by atoms with Gasteiger partial charge in [-0.2, -0.15) is 0 Å². The number of hydrogen-bond acceptors (Lipinski definition) is 2. The quantitative estimate of drug-likeness (QED) is 0.686. The largest absolute Gasteiger partial charge is 0.356 e. The predicted octanol–water partition coefficient (Wildman–Crippen LogP) is 4.26. The fraction of sp³-hybridized carbons (Fsp3) is 0.333. The van der Waals surface area contributed by atoms with Gasteiger partial charge in [-0.15, -0.1) is 0 Å². The zero-order valence-electron chi connectivity index (χ0n) is 17.1. The van der Waals surface area contributed by atoms with Crippen LogP contribution >= 0.6 is 11.6 Å². The van der Waals surface area contributed by atoms with E-state index in [0.717, 1.165) is 34.1 Å². The number of rotatable bonds is 3. The second-order valence-corrected chi connectivity index (χ2v) is 8.80. The number of hydrogen-bond donors (Lipinski definition) is 1. The Morgan fingerprint density at radius 1 is 1.13 bits per heavy atom. The number of halogens is 1.